The lowest BCUT2D eigenvalue weighted by Crippen LogP contribution is -2.00. The van der Waals surface area contributed by atoms with Gasteiger partial charge in [-0.2, -0.15) is 10.2 Å². The molecule has 0 saturated heterocycles. The van der Waals surface area contributed by atoms with E-state index in [4.69, 9.17) is 10.5 Å². The molecule has 92 valence electrons. The molecule has 18 heavy (non-hydrogen) atoms. The molecule has 0 aliphatic carbocycles. The lowest BCUT2D eigenvalue weighted by molar-refractivity contribution is 0.412. The molecule has 2 heterocycles. The molecule has 0 unspecified atom stereocenters. The van der Waals surface area contributed by atoms with E-state index in [1.807, 2.05) is 31.2 Å². The van der Waals surface area contributed by atoms with Crippen LogP contribution in [0.15, 0.2) is 24.3 Å². The lowest BCUT2D eigenvalue weighted by atomic mass is 10.3. The van der Waals surface area contributed by atoms with Crippen molar-refractivity contribution in [1.82, 2.24) is 20.0 Å². The minimum atomic E-state index is 0.531. The van der Waals surface area contributed by atoms with Crippen LogP contribution in [0.25, 0.3) is 16.7 Å². The molecule has 3 N–H and O–H groups in total. The predicted molar refractivity (Wildman–Crippen MR) is 68.9 cm³/mol. The first-order valence-electron chi connectivity index (χ1n) is 5.55. The normalized spacial score (nSPS) is 11.0. The van der Waals surface area contributed by atoms with Gasteiger partial charge in [0.25, 0.3) is 0 Å². The van der Waals surface area contributed by atoms with Crippen LogP contribution in [0.2, 0.25) is 0 Å². The van der Waals surface area contributed by atoms with Crippen LogP contribution in [0.3, 0.4) is 0 Å². The number of nitrogens with two attached hydrogens (primary N) is 1. The fraction of sp³-hybridized carbons (Fsp3) is 0.167. The number of methoxy groups -OCH3 is 1. The third-order valence-electron chi connectivity index (χ3n) is 2.90. The second-order valence-corrected chi connectivity index (χ2v) is 4.00. The lowest BCUT2D eigenvalue weighted by Gasteiger charge is -2.07. The number of aromatic nitrogens is 4. The molecule has 0 bridgehead atoms. The molecule has 0 amide bonds. The van der Waals surface area contributed by atoms with Crippen LogP contribution in [-0.4, -0.2) is 27.1 Å². The number of rotatable bonds is 2. The Kier molecular flexibility index (Phi) is 2.22. The van der Waals surface area contributed by atoms with Gasteiger partial charge in [-0.05, 0) is 19.1 Å². The zero-order valence-electron chi connectivity index (χ0n) is 10.1. The summed E-state index contributed by atoms with van der Waals surface area (Å²) in [6, 6.07) is 7.65. The van der Waals surface area contributed by atoms with Gasteiger partial charge in [0.05, 0.1) is 18.2 Å². The van der Waals surface area contributed by atoms with E-state index in [-0.39, 0.29) is 0 Å². The van der Waals surface area contributed by atoms with Crippen molar-refractivity contribution in [1.29, 1.82) is 0 Å². The average Bonchev–Trinajstić information content (AvgIpc) is 2.92. The third kappa shape index (κ3) is 1.35. The summed E-state index contributed by atoms with van der Waals surface area (Å²) in [5, 5.41) is 12.3. The molecule has 0 atom stereocenters. The van der Waals surface area contributed by atoms with Gasteiger partial charge in [0.1, 0.15) is 17.3 Å². The fourth-order valence-corrected chi connectivity index (χ4v) is 2.08. The first kappa shape index (κ1) is 10.6. The van der Waals surface area contributed by atoms with Crippen molar-refractivity contribution in [2.45, 2.75) is 6.92 Å². The summed E-state index contributed by atoms with van der Waals surface area (Å²) in [5.41, 5.74) is 8.21. The SMILES string of the molecule is COc1ccccc1-n1nc(C)c2c(N)[nH]nc21. The fourth-order valence-electron chi connectivity index (χ4n) is 2.08. The van der Waals surface area contributed by atoms with Crippen molar-refractivity contribution >= 4 is 16.9 Å². The molecular weight excluding hydrogens is 230 g/mol. The standard InChI is InChI=1S/C12H13N5O/c1-7-10-11(13)14-15-12(10)17(16-7)8-5-3-4-6-9(8)18-2/h3-6H,1-2H3,(H3,13,14,15). The quantitative estimate of drug-likeness (QED) is 0.717. The van der Waals surface area contributed by atoms with Crippen molar-refractivity contribution in [2.75, 3.05) is 12.8 Å². The second kappa shape index (κ2) is 3.76. The van der Waals surface area contributed by atoms with Gasteiger partial charge in [0.15, 0.2) is 5.65 Å². The van der Waals surface area contributed by atoms with Crippen molar-refractivity contribution in [3.63, 3.8) is 0 Å². The molecule has 0 saturated carbocycles. The number of para-hydroxylation sites is 2. The van der Waals surface area contributed by atoms with Gasteiger partial charge in [-0.3, -0.25) is 5.10 Å². The van der Waals surface area contributed by atoms with Crippen LogP contribution in [0.1, 0.15) is 5.69 Å². The number of benzene rings is 1. The highest BCUT2D eigenvalue weighted by Gasteiger charge is 2.16. The number of H-pyrrole nitrogens is 1. The third-order valence-corrected chi connectivity index (χ3v) is 2.90. The number of hydrogen-bond acceptors (Lipinski definition) is 4. The minimum Gasteiger partial charge on any atom is -0.494 e. The number of fused-ring (bicyclic) bond motifs is 1. The second-order valence-electron chi connectivity index (χ2n) is 4.00. The molecule has 0 spiro atoms. The molecule has 0 aliphatic rings. The van der Waals surface area contributed by atoms with E-state index in [9.17, 15) is 0 Å². The van der Waals surface area contributed by atoms with E-state index < -0.39 is 0 Å². The maximum absolute atomic E-state index is 5.84. The van der Waals surface area contributed by atoms with Crippen molar-refractivity contribution in [3.05, 3.63) is 30.0 Å². The van der Waals surface area contributed by atoms with Gasteiger partial charge < -0.3 is 10.5 Å². The monoisotopic (exact) mass is 243 g/mol. The zero-order chi connectivity index (χ0) is 12.7. The Balaban J connectivity index is 2.32. The van der Waals surface area contributed by atoms with E-state index in [1.165, 1.54) is 0 Å². The smallest absolute Gasteiger partial charge is 0.186 e. The van der Waals surface area contributed by atoms with Gasteiger partial charge in [-0.25, -0.2) is 4.68 Å². The van der Waals surface area contributed by atoms with Gasteiger partial charge in [-0.15, -0.1) is 0 Å². The van der Waals surface area contributed by atoms with E-state index in [2.05, 4.69) is 15.3 Å². The van der Waals surface area contributed by atoms with Crippen LogP contribution in [0.5, 0.6) is 5.75 Å². The number of hydrogen-bond donors (Lipinski definition) is 2. The highest BCUT2D eigenvalue weighted by Crippen LogP contribution is 2.28. The summed E-state index contributed by atoms with van der Waals surface area (Å²) in [7, 11) is 1.63. The topological polar surface area (TPSA) is 81.8 Å². The molecule has 1 aromatic carbocycles. The first-order chi connectivity index (χ1) is 8.72. The van der Waals surface area contributed by atoms with E-state index >= 15 is 0 Å². The van der Waals surface area contributed by atoms with Crippen molar-refractivity contribution in [3.8, 4) is 11.4 Å². The van der Waals surface area contributed by atoms with E-state index in [0.29, 0.717) is 11.5 Å². The Morgan fingerprint density at radius 1 is 1.33 bits per heavy atom. The van der Waals surface area contributed by atoms with Crippen LogP contribution in [0, 0.1) is 6.92 Å². The number of aromatic amines is 1. The summed E-state index contributed by atoms with van der Waals surface area (Å²) in [5.74, 6) is 1.27. The molecule has 0 aliphatic heterocycles. The Bertz CT molecular complexity index is 712. The van der Waals surface area contributed by atoms with Gasteiger partial charge >= 0.3 is 0 Å². The summed E-state index contributed by atoms with van der Waals surface area (Å²) in [6.45, 7) is 1.90. The molecule has 0 fully saturated rings. The maximum atomic E-state index is 5.84. The number of anilines is 1. The minimum absolute atomic E-state index is 0.531. The summed E-state index contributed by atoms with van der Waals surface area (Å²) >= 11 is 0. The Labute approximate surface area is 103 Å². The Morgan fingerprint density at radius 3 is 2.89 bits per heavy atom. The van der Waals surface area contributed by atoms with Crippen LogP contribution < -0.4 is 10.5 Å². The van der Waals surface area contributed by atoms with Gasteiger partial charge in [-0.1, -0.05) is 12.1 Å². The van der Waals surface area contributed by atoms with Crippen molar-refractivity contribution in [2.24, 2.45) is 0 Å². The molecule has 6 heteroatoms. The number of ether oxygens (including phenoxy) is 1. The number of nitrogens with zero attached hydrogens (tertiary/aromatic N) is 3. The van der Waals surface area contributed by atoms with Gasteiger partial charge in [0.2, 0.25) is 0 Å². The van der Waals surface area contributed by atoms with Crippen molar-refractivity contribution < 1.29 is 4.74 Å². The van der Waals surface area contributed by atoms with Gasteiger partial charge in [0, 0.05) is 0 Å². The van der Waals surface area contributed by atoms with E-state index in [0.717, 1.165) is 22.5 Å². The highest BCUT2D eigenvalue weighted by atomic mass is 16.5. The highest BCUT2D eigenvalue weighted by molar-refractivity contribution is 5.89. The molecular formula is C12H13N5O. The molecule has 3 rings (SSSR count). The predicted octanol–water partition coefficient (Wildman–Crippen LogP) is 1.65. The maximum Gasteiger partial charge on any atom is 0.186 e. The summed E-state index contributed by atoms with van der Waals surface area (Å²) in [6.07, 6.45) is 0. The molecule has 3 aromatic rings. The first-order valence-corrected chi connectivity index (χ1v) is 5.55. The molecule has 2 aromatic heterocycles. The molecule has 0 radical (unpaired) electrons. The van der Waals surface area contributed by atoms with Crippen LogP contribution in [0.4, 0.5) is 5.82 Å². The average molecular weight is 243 g/mol. The van der Waals surface area contributed by atoms with Crippen LogP contribution >= 0.6 is 0 Å². The number of nitrogens with one attached hydrogen (secondary N) is 1. The number of aryl methyl sites for hydroxylation is 1. The van der Waals surface area contributed by atoms with Crippen LogP contribution in [-0.2, 0) is 0 Å². The molecule has 6 nitrogen and oxygen atoms in total. The van der Waals surface area contributed by atoms with E-state index in [1.54, 1.807) is 11.8 Å². The summed E-state index contributed by atoms with van der Waals surface area (Å²) < 4.78 is 7.07. The summed E-state index contributed by atoms with van der Waals surface area (Å²) in [4.78, 5) is 0. The number of nitrogen functional groups attached to an aromatic ring is 1. The largest absolute Gasteiger partial charge is 0.494 e. The Morgan fingerprint density at radius 2 is 2.11 bits per heavy atom. The Hall–Kier alpha value is -2.50. The zero-order valence-corrected chi connectivity index (χ0v) is 10.1.